The minimum Gasteiger partial charge on any atom is -0.361 e. The molecule has 2 aliphatic rings. The van der Waals surface area contributed by atoms with Gasteiger partial charge in [0.1, 0.15) is 6.23 Å². The average molecular weight is 221 g/mol. The van der Waals surface area contributed by atoms with Crippen molar-refractivity contribution in [1.82, 2.24) is 10.2 Å². The van der Waals surface area contributed by atoms with Crippen molar-refractivity contribution in [3.63, 3.8) is 0 Å². The first-order valence-corrected chi connectivity index (χ1v) is 5.15. The number of nitrogens with zero attached hydrogens (tertiary/aromatic N) is 1. The molecule has 2 atom stereocenters. The number of hydrogen-bond donors (Lipinski definition) is 1. The molecule has 2 saturated heterocycles. The number of likely N-dealkylation sites (tertiary alicyclic amines) is 1. The molecule has 0 aliphatic carbocycles. The van der Waals surface area contributed by atoms with E-state index in [0.29, 0.717) is 12.1 Å². The van der Waals surface area contributed by atoms with Gasteiger partial charge in [-0.05, 0) is 33.9 Å². The standard InChI is InChI=1S/C10H20N2O.ClH/c1-10(2)7-13-9(11-10)8-4-5-12(3)6-8;/h8-9,11H,4-7H2,1-3H3;1H. The number of ether oxygens (including phenoxy) is 1. The Bertz CT molecular complexity index is 199. The van der Waals surface area contributed by atoms with Crippen LogP contribution in [-0.2, 0) is 4.74 Å². The average Bonchev–Trinajstić information content (AvgIpc) is 2.56. The molecule has 4 heteroatoms. The van der Waals surface area contributed by atoms with Crippen LogP contribution in [0.25, 0.3) is 0 Å². The van der Waals surface area contributed by atoms with Crippen LogP contribution in [0.2, 0.25) is 0 Å². The first-order chi connectivity index (χ1) is 6.07. The molecule has 2 unspecified atom stereocenters. The van der Waals surface area contributed by atoms with E-state index in [0.717, 1.165) is 6.61 Å². The lowest BCUT2D eigenvalue weighted by Crippen LogP contribution is -2.42. The van der Waals surface area contributed by atoms with Gasteiger partial charge in [-0.3, -0.25) is 5.32 Å². The quantitative estimate of drug-likeness (QED) is 0.716. The Morgan fingerprint density at radius 3 is 2.57 bits per heavy atom. The molecule has 0 aromatic heterocycles. The van der Waals surface area contributed by atoms with Crippen molar-refractivity contribution in [2.75, 3.05) is 26.7 Å². The molecule has 14 heavy (non-hydrogen) atoms. The van der Waals surface area contributed by atoms with Gasteiger partial charge in [0.25, 0.3) is 0 Å². The molecule has 2 rings (SSSR count). The summed E-state index contributed by atoms with van der Waals surface area (Å²) in [5.74, 6) is 0.687. The van der Waals surface area contributed by atoms with Crippen molar-refractivity contribution in [3.05, 3.63) is 0 Å². The molecule has 84 valence electrons. The Hall–Kier alpha value is 0.170. The van der Waals surface area contributed by atoms with Crippen LogP contribution in [0.15, 0.2) is 0 Å². The lowest BCUT2D eigenvalue weighted by molar-refractivity contribution is 0.0547. The first-order valence-electron chi connectivity index (χ1n) is 5.15. The summed E-state index contributed by atoms with van der Waals surface area (Å²) in [5, 5.41) is 3.54. The third-order valence-electron chi connectivity index (χ3n) is 3.01. The third kappa shape index (κ3) is 2.60. The van der Waals surface area contributed by atoms with Crippen LogP contribution in [0.5, 0.6) is 0 Å². The SMILES string of the molecule is CN1CCC(C2NC(C)(C)CO2)C1.Cl. The molecule has 0 saturated carbocycles. The van der Waals surface area contributed by atoms with E-state index < -0.39 is 0 Å². The summed E-state index contributed by atoms with van der Waals surface area (Å²) in [6, 6.07) is 0. The van der Waals surface area contributed by atoms with Crippen molar-refractivity contribution in [2.45, 2.75) is 32.0 Å². The van der Waals surface area contributed by atoms with Gasteiger partial charge in [0, 0.05) is 18.0 Å². The predicted molar refractivity (Wildman–Crippen MR) is 59.8 cm³/mol. The molecule has 0 aromatic rings. The molecule has 0 spiro atoms. The van der Waals surface area contributed by atoms with E-state index in [1.807, 2.05) is 0 Å². The van der Waals surface area contributed by atoms with Crippen LogP contribution in [0.4, 0.5) is 0 Å². The topological polar surface area (TPSA) is 24.5 Å². The Morgan fingerprint density at radius 1 is 1.43 bits per heavy atom. The summed E-state index contributed by atoms with van der Waals surface area (Å²) in [4.78, 5) is 2.38. The van der Waals surface area contributed by atoms with Crippen LogP contribution in [-0.4, -0.2) is 43.4 Å². The van der Waals surface area contributed by atoms with Crippen LogP contribution in [0.1, 0.15) is 20.3 Å². The number of halogens is 1. The Labute approximate surface area is 92.6 Å². The molecule has 0 amide bonds. The van der Waals surface area contributed by atoms with Crippen molar-refractivity contribution in [2.24, 2.45) is 5.92 Å². The van der Waals surface area contributed by atoms with Gasteiger partial charge in [0.15, 0.2) is 0 Å². The van der Waals surface area contributed by atoms with Gasteiger partial charge in [0.05, 0.1) is 6.61 Å². The fraction of sp³-hybridized carbons (Fsp3) is 1.00. The minimum absolute atomic E-state index is 0. The van der Waals surface area contributed by atoms with E-state index in [4.69, 9.17) is 4.74 Å². The lowest BCUT2D eigenvalue weighted by atomic mass is 10.1. The third-order valence-corrected chi connectivity index (χ3v) is 3.01. The maximum atomic E-state index is 5.76. The van der Waals surface area contributed by atoms with Gasteiger partial charge in [-0.1, -0.05) is 0 Å². The van der Waals surface area contributed by atoms with Crippen LogP contribution in [0.3, 0.4) is 0 Å². The largest absolute Gasteiger partial charge is 0.361 e. The summed E-state index contributed by atoms with van der Waals surface area (Å²) < 4.78 is 5.76. The molecule has 0 aromatic carbocycles. The highest BCUT2D eigenvalue weighted by molar-refractivity contribution is 5.85. The lowest BCUT2D eigenvalue weighted by Gasteiger charge is -2.21. The summed E-state index contributed by atoms with van der Waals surface area (Å²) >= 11 is 0. The molecule has 3 nitrogen and oxygen atoms in total. The zero-order valence-corrected chi connectivity index (χ0v) is 10.1. The molecule has 2 aliphatic heterocycles. The minimum atomic E-state index is 0. The fourth-order valence-corrected chi connectivity index (χ4v) is 2.24. The fourth-order valence-electron chi connectivity index (χ4n) is 2.24. The second-order valence-electron chi connectivity index (χ2n) is 5.07. The second-order valence-corrected chi connectivity index (χ2v) is 5.07. The van der Waals surface area contributed by atoms with Gasteiger partial charge in [-0.15, -0.1) is 12.4 Å². The maximum Gasteiger partial charge on any atom is 0.112 e. The van der Waals surface area contributed by atoms with E-state index >= 15 is 0 Å². The Balaban J connectivity index is 0.000000980. The van der Waals surface area contributed by atoms with Gasteiger partial charge < -0.3 is 9.64 Å². The summed E-state index contributed by atoms with van der Waals surface area (Å²) in [6.45, 7) is 7.63. The highest BCUT2D eigenvalue weighted by Crippen LogP contribution is 2.25. The van der Waals surface area contributed by atoms with Crippen molar-refractivity contribution < 1.29 is 4.74 Å². The van der Waals surface area contributed by atoms with Gasteiger partial charge in [0.2, 0.25) is 0 Å². The highest BCUT2D eigenvalue weighted by atomic mass is 35.5. The van der Waals surface area contributed by atoms with Crippen LogP contribution >= 0.6 is 12.4 Å². The van der Waals surface area contributed by atoms with Gasteiger partial charge >= 0.3 is 0 Å². The molecule has 1 N–H and O–H groups in total. The van der Waals surface area contributed by atoms with E-state index in [1.54, 1.807) is 0 Å². The van der Waals surface area contributed by atoms with Crippen LogP contribution < -0.4 is 5.32 Å². The predicted octanol–water partition coefficient (Wildman–Crippen LogP) is 1.08. The van der Waals surface area contributed by atoms with E-state index in [9.17, 15) is 0 Å². The summed E-state index contributed by atoms with van der Waals surface area (Å²) in [5.41, 5.74) is 0.172. The Kier molecular flexibility index (Phi) is 3.81. The number of hydrogen-bond acceptors (Lipinski definition) is 3. The van der Waals surface area contributed by atoms with E-state index in [1.165, 1.54) is 19.5 Å². The maximum absolute atomic E-state index is 5.76. The molecule has 2 fully saturated rings. The molecular formula is C10H21ClN2O. The molecular weight excluding hydrogens is 200 g/mol. The Morgan fingerprint density at radius 2 is 2.14 bits per heavy atom. The van der Waals surface area contributed by atoms with E-state index in [2.05, 4.69) is 31.1 Å². The normalized spacial score (nSPS) is 37.1. The summed E-state index contributed by atoms with van der Waals surface area (Å²) in [6.07, 6.45) is 1.56. The molecule has 0 radical (unpaired) electrons. The van der Waals surface area contributed by atoms with E-state index in [-0.39, 0.29) is 17.9 Å². The van der Waals surface area contributed by atoms with Crippen LogP contribution in [0, 0.1) is 5.92 Å². The zero-order chi connectivity index (χ0) is 9.47. The van der Waals surface area contributed by atoms with Crippen molar-refractivity contribution in [3.8, 4) is 0 Å². The summed E-state index contributed by atoms with van der Waals surface area (Å²) in [7, 11) is 2.18. The number of rotatable bonds is 1. The molecule has 2 heterocycles. The molecule has 0 bridgehead atoms. The highest BCUT2D eigenvalue weighted by Gasteiger charge is 2.37. The van der Waals surface area contributed by atoms with Crippen molar-refractivity contribution in [1.29, 1.82) is 0 Å². The zero-order valence-electron chi connectivity index (χ0n) is 9.25. The number of nitrogens with one attached hydrogen (secondary N) is 1. The first kappa shape index (κ1) is 12.2. The van der Waals surface area contributed by atoms with Gasteiger partial charge in [-0.2, -0.15) is 0 Å². The van der Waals surface area contributed by atoms with Crippen molar-refractivity contribution >= 4 is 12.4 Å². The monoisotopic (exact) mass is 220 g/mol. The smallest absolute Gasteiger partial charge is 0.112 e. The van der Waals surface area contributed by atoms with Gasteiger partial charge in [-0.25, -0.2) is 0 Å². The second kappa shape index (κ2) is 4.35.